The van der Waals surface area contributed by atoms with E-state index in [9.17, 15) is 4.79 Å². The normalized spacial score (nSPS) is 10.1. The van der Waals surface area contributed by atoms with Crippen LogP contribution in [0.25, 0.3) is 0 Å². The second-order valence-electron chi connectivity index (χ2n) is 4.13. The van der Waals surface area contributed by atoms with Crippen molar-refractivity contribution in [3.8, 4) is 11.5 Å². The van der Waals surface area contributed by atoms with E-state index in [2.05, 4.69) is 4.98 Å². The number of rotatable bonds is 6. The number of hydrogen-bond donors (Lipinski definition) is 1. The van der Waals surface area contributed by atoms with E-state index in [1.807, 2.05) is 19.1 Å². The number of hydrogen-bond acceptors (Lipinski definition) is 4. The molecule has 2 rings (SSSR count). The molecule has 0 spiro atoms. The Balaban J connectivity index is 1.84. The molecule has 0 saturated carbocycles. The van der Waals surface area contributed by atoms with Crippen LogP contribution >= 0.6 is 0 Å². The molecule has 1 N–H and O–H groups in total. The molecule has 20 heavy (non-hydrogen) atoms. The Labute approximate surface area is 116 Å². The summed E-state index contributed by atoms with van der Waals surface area (Å²) < 4.78 is 10.9. The van der Waals surface area contributed by atoms with Gasteiger partial charge in [0.15, 0.2) is 0 Å². The van der Waals surface area contributed by atoms with E-state index in [4.69, 9.17) is 14.6 Å². The van der Waals surface area contributed by atoms with Crippen molar-refractivity contribution in [1.82, 2.24) is 4.98 Å². The van der Waals surface area contributed by atoms with Crippen molar-refractivity contribution in [2.45, 2.75) is 6.92 Å². The zero-order valence-corrected chi connectivity index (χ0v) is 11.1. The van der Waals surface area contributed by atoms with Gasteiger partial charge in [-0.3, -0.25) is 4.98 Å². The molecule has 1 heterocycles. The Morgan fingerprint density at radius 3 is 2.60 bits per heavy atom. The van der Waals surface area contributed by atoms with Crippen LogP contribution in [0.1, 0.15) is 16.1 Å². The summed E-state index contributed by atoms with van der Waals surface area (Å²) >= 11 is 0. The van der Waals surface area contributed by atoms with Gasteiger partial charge in [0.05, 0.1) is 6.20 Å². The van der Waals surface area contributed by atoms with Gasteiger partial charge in [-0.1, -0.05) is 12.1 Å². The third-order valence-corrected chi connectivity index (χ3v) is 2.61. The van der Waals surface area contributed by atoms with Crippen LogP contribution in [0.5, 0.6) is 11.5 Å². The fourth-order valence-electron chi connectivity index (χ4n) is 1.62. The number of benzene rings is 1. The Morgan fingerprint density at radius 2 is 1.90 bits per heavy atom. The SMILES string of the molecule is Cc1ccc(OCCOc2ccccc2C(=O)O)cn1. The van der Waals surface area contributed by atoms with Gasteiger partial charge in [-0.25, -0.2) is 4.79 Å². The van der Waals surface area contributed by atoms with Crippen LogP contribution in [0.4, 0.5) is 0 Å². The average Bonchev–Trinajstić information content (AvgIpc) is 2.46. The number of aryl methyl sites for hydroxylation is 1. The highest BCUT2D eigenvalue weighted by molar-refractivity contribution is 5.90. The average molecular weight is 273 g/mol. The van der Waals surface area contributed by atoms with E-state index in [0.29, 0.717) is 18.1 Å². The van der Waals surface area contributed by atoms with E-state index in [0.717, 1.165) is 5.69 Å². The lowest BCUT2D eigenvalue weighted by Crippen LogP contribution is -2.11. The largest absolute Gasteiger partial charge is 0.489 e. The summed E-state index contributed by atoms with van der Waals surface area (Å²) in [6.07, 6.45) is 1.64. The van der Waals surface area contributed by atoms with Gasteiger partial charge in [-0.2, -0.15) is 0 Å². The number of carboxylic acids is 1. The van der Waals surface area contributed by atoms with Crippen molar-refractivity contribution in [2.75, 3.05) is 13.2 Å². The molecule has 2 aromatic rings. The summed E-state index contributed by atoms with van der Waals surface area (Å²) in [7, 11) is 0. The van der Waals surface area contributed by atoms with Crippen LogP contribution in [-0.2, 0) is 0 Å². The maximum atomic E-state index is 11.0. The van der Waals surface area contributed by atoms with E-state index in [1.54, 1.807) is 24.4 Å². The number of para-hydroxylation sites is 1. The molecule has 0 radical (unpaired) electrons. The van der Waals surface area contributed by atoms with Gasteiger partial charge < -0.3 is 14.6 Å². The zero-order valence-electron chi connectivity index (χ0n) is 11.1. The molecule has 0 aliphatic carbocycles. The molecule has 0 aliphatic heterocycles. The number of carbonyl (C=O) groups is 1. The van der Waals surface area contributed by atoms with Crippen LogP contribution < -0.4 is 9.47 Å². The van der Waals surface area contributed by atoms with Crippen molar-refractivity contribution in [2.24, 2.45) is 0 Å². The lowest BCUT2D eigenvalue weighted by molar-refractivity contribution is 0.0691. The summed E-state index contributed by atoms with van der Waals surface area (Å²) in [4.78, 5) is 15.1. The van der Waals surface area contributed by atoms with Crippen molar-refractivity contribution in [1.29, 1.82) is 0 Å². The molecule has 0 unspecified atom stereocenters. The van der Waals surface area contributed by atoms with E-state index < -0.39 is 5.97 Å². The number of aromatic nitrogens is 1. The number of pyridine rings is 1. The third kappa shape index (κ3) is 3.71. The van der Waals surface area contributed by atoms with Crippen molar-refractivity contribution in [3.63, 3.8) is 0 Å². The van der Waals surface area contributed by atoms with E-state index in [1.165, 1.54) is 6.07 Å². The molecule has 1 aromatic heterocycles. The lowest BCUT2D eigenvalue weighted by atomic mass is 10.2. The summed E-state index contributed by atoms with van der Waals surface area (Å²) in [5, 5.41) is 9.01. The highest BCUT2D eigenvalue weighted by Gasteiger charge is 2.09. The van der Waals surface area contributed by atoms with Crippen LogP contribution in [-0.4, -0.2) is 29.3 Å². The second kappa shape index (κ2) is 6.56. The van der Waals surface area contributed by atoms with Gasteiger partial charge in [0.2, 0.25) is 0 Å². The van der Waals surface area contributed by atoms with E-state index >= 15 is 0 Å². The molecular weight excluding hydrogens is 258 g/mol. The fraction of sp³-hybridized carbons (Fsp3) is 0.200. The topological polar surface area (TPSA) is 68.7 Å². The first-order valence-corrected chi connectivity index (χ1v) is 6.17. The predicted molar refractivity (Wildman–Crippen MR) is 73.4 cm³/mol. The minimum Gasteiger partial charge on any atom is -0.489 e. The summed E-state index contributed by atoms with van der Waals surface area (Å²) in [6.45, 7) is 2.48. The molecule has 0 amide bonds. The number of aromatic carboxylic acids is 1. The highest BCUT2D eigenvalue weighted by Crippen LogP contribution is 2.17. The van der Waals surface area contributed by atoms with Gasteiger partial charge in [-0.15, -0.1) is 0 Å². The van der Waals surface area contributed by atoms with Crippen molar-refractivity contribution < 1.29 is 19.4 Å². The second-order valence-corrected chi connectivity index (χ2v) is 4.13. The number of ether oxygens (including phenoxy) is 2. The predicted octanol–water partition coefficient (Wildman–Crippen LogP) is 2.55. The molecule has 5 nitrogen and oxygen atoms in total. The first-order valence-electron chi connectivity index (χ1n) is 6.17. The highest BCUT2D eigenvalue weighted by atomic mass is 16.5. The minimum atomic E-state index is -1.01. The molecule has 1 aromatic carbocycles. The quantitative estimate of drug-likeness (QED) is 0.819. The van der Waals surface area contributed by atoms with Crippen molar-refractivity contribution >= 4 is 5.97 Å². The zero-order chi connectivity index (χ0) is 14.4. The van der Waals surface area contributed by atoms with Gasteiger partial charge >= 0.3 is 5.97 Å². The Hall–Kier alpha value is -2.56. The molecule has 104 valence electrons. The molecular formula is C15H15NO4. The van der Waals surface area contributed by atoms with Crippen LogP contribution in [0, 0.1) is 6.92 Å². The molecule has 0 saturated heterocycles. The fourth-order valence-corrected chi connectivity index (χ4v) is 1.62. The van der Waals surface area contributed by atoms with Crippen LogP contribution in [0.2, 0.25) is 0 Å². The van der Waals surface area contributed by atoms with Crippen LogP contribution in [0.15, 0.2) is 42.6 Å². The molecule has 0 fully saturated rings. The maximum absolute atomic E-state index is 11.0. The Kier molecular flexibility index (Phi) is 4.55. The Bertz CT molecular complexity index is 581. The van der Waals surface area contributed by atoms with E-state index in [-0.39, 0.29) is 12.2 Å². The monoisotopic (exact) mass is 273 g/mol. The molecule has 0 aliphatic rings. The standard InChI is InChI=1S/C15H15NO4/c1-11-6-7-12(10-16-11)19-8-9-20-14-5-3-2-4-13(14)15(17)18/h2-7,10H,8-9H2,1H3,(H,17,18). The first-order chi connectivity index (χ1) is 9.66. The third-order valence-electron chi connectivity index (χ3n) is 2.61. The Morgan fingerprint density at radius 1 is 1.15 bits per heavy atom. The summed E-state index contributed by atoms with van der Waals surface area (Å²) in [6, 6.07) is 10.2. The minimum absolute atomic E-state index is 0.143. The molecule has 0 bridgehead atoms. The summed E-state index contributed by atoms with van der Waals surface area (Å²) in [5.41, 5.74) is 1.06. The van der Waals surface area contributed by atoms with Gasteiger partial charge in [0, 0.05) is 5.69 Å². The maximum Gasteiger partial charge on any atom is 0.339 e. The number of carboxylic acid groups (broad SMARTS) is 1. The molecule has 0 atom stereocenters. The van der Waals surface area contributed by atoms with Gasteiger partial charge in [0.25, 0.3) is 0 Å². The number of nitrogens with zero attached hydrogens (tertiary/aromatic N) is 1. The van der Waals surface area contributed by atoms with Crippen LogP contribution in [0.3, 0.4) is 0 Å². The van der Waals surface area contributed by atoms with Gasteiger partial charge in [-0.05, 0) is 31.2 Å². The smallest absolute Gasteiger partial charge is 0.339 e. The molecule has 5 heteroatoms. The lowest BCUT2D eigenvalue weighted by Gasteiger charge is -2.10. The van der Waals surface area contributed by atoms with Gasteiger partial charge in [0.1, 0.15) is 30.3 Å². The first kappa shape index (κ1) is 13.9. The summed E-state index contributed by atoms with van der Waals surface area (Å²) in [5.74, 6) is -0.0133. The van der Waals surface area contributed by atoms with Crippen molar-refractivity contribution in [3.05, 3.63) is 53.9 Å².